The third kappa shape index (κ3) is 5.14. The predicted octanol–water partition coefficient (Wildman–Crippen LogP) is 3.51. The van der Waals surface area contributed by atoms with Gasteiger partial charge in [0.2, 0.25) is 0 Å². The van der Waals surface area contributed by atoms with E-state index in [1.54, 1.807) is 0 Å². The number of alkyl halides is 6. The van der Waals surface area contributed by atoms with Crippen LogP contribution < -0.4 is 5.32 Å². The Morgan fingerprint density at radius 1 is 0.941 bits per heavy atom. The summed E-state index contributed by atoms with van der Waals surface area (Å²) < 4.78 is 73.4. The van der Waals surface area contributed by atoms with Gasteiger partial charge in [-0.2, -0.15) is 26.3 Å². The Hall–Kier alpha value is -0.460. The highest BCUT2D eigenvalue weighted by molar-refractivity contribution is 4.82. The van der Waals surface area contributed by atoms with E-state index in [0.29, 0.717) is 19.3 Å². The molecule has 102 valence electrons. The van der Waals surface area contributed by atoms with Gasteiger partial charge in [0.05, 0.1) is 12.5 Å². The van der Waals surface area contributed by atoms with Crippen LogP contribution in [0.4, 0.5) is 26.3 Å². The highest BCUT2D eigenvalue weighted by Crippen LogP contribution is 2.41. The van der Waals surface area contributed by atoms with Crippen molar-refractivity contribution in [3.8, 4) is 0 Å². The Bertz CT molecular complexity index is 234. The van der Waals surface area contributed by atoms with Gasteiger partial charge in [-0.15, -0.1) is 0 Å². The minimum absolute atomic E-state index is 0.0296. The summed E-state index contributed by atoms with van der Waals surface area (Å²) in [5, 5.41) is 2.07. The molecule has 1 N–H and O–H groups in total. The van der Waals surface area contributed by atoms with Crippen molar-refractivity contribution in [1.82, 2.24) is 5.32 Å². The van der Waals surface area contributed by atoms with E-state index < -0.39 is 30.7 Å². The number of rotatable bonds is 3. The molecule has 0 spiro atoms. The first-order chi connectivity index (χ1) is 7.70. The van der Waals surface area contributed by atoms with E-state index in [4.69, 9.17) is 0 Å². The maximum Gasteiger partial charge on any atom is 0.401 e. The molecular weight excluding hydrogens is 248 g/mol. The molecule has 0 aromatic rings. The Kier molecular flexibility index (Phi) is 4.69. The molecule has 1 aliphatic rings. The molecule has 2 unspecified atom stereocenters. The number of hydrogen-bond donors (Lipinski definition) is 1. The zero-order chi connectivity index (χ0) is 13.1. The molecule has 0 aromatic carbocycles. The summed E-state index contributed by atoms with van der Waals surface area (Å²) in [4.78, 5) is 0. The fourth-order valence-corrected chi connectivity index (χ4v) is 2.28. The minimum Gasteiger partial charge on any atom is -0.308 e. The van der Waals surface area contributed by atoms with Crippen LogP contribution in [0.25, 0.3) is 0 Å². The Morgan fingerprint density at radius 3 is 2.06 bits per heavy atom. The lowest BCUT2D eigenvalue weighted by molar-refractivity contribution is -0.196. The monoisotopic (exact) mass is 263 g/mol. The largest absolute Gasteiger partial charge is 0.401 e. The van der Waals surface area contributed by atoms with Crippen LogP contribution in [-0.4, -0.2) is 25.4 Å². The van der Waals surface area contributed by atoms with E-state index in [0.717, 1.165) is 0 Å². The molecule has 0 aliphatic heterocycles. The molecular formula is C10H15F6N. The molecule has 1 nitrogen and oxygen atoms in total. The highest BCUT2D eigenvalue weighted by Gasteiger charge is 2.45. The summed E-state index contributed by atoms with van der Waals surface area (Å²) in [6, 6.07) is 0. The lowest BCUT2D eigenvalue weighted by atomic mass is 9.79. The standard InChI is InChI=1S/C10H15F6N/c11-9(12,13)6-17-5-7-3-1-2-4-8(7)10(14,15)16/h7-8,17H,1-6H2. The van der Waals surface area contributed by atoms with Crippen molar-refractivity contribution in [1.29, 1.82) is 0 Å². The quantitative estimate of drug-likeness (QED) is 0.768. The molecule has 0 heterocycles. The van der Waals surface area contributed by atoms with Crippen molar-refractivity contribution >= 4 is 0 Å². The van der Waals surface area contributed by atoms with Crippen molar-refractivity contribution in [3.63, 3.8) is 0 Å². The highest BCUT2D eigenvalue weighted by atomic mass is 19.4. The summed E-state index contributed by atoms with van der Waals surface area (Å²) in [6.45, 7) is -1.45. The van der Waals surface area contributed by atoms with E-state index >= 15 is 0 Å². The summed E-state index contributed by atoms with van der Waals surface area (Å²) in [6.07, 6.45) is -7.14. The maximum absolute atomic E-state index is 12.6. The maximum atomic E-state index is 12.6. The zero-order valence-corrected chi connectivity index (χ0v) is 9.17. The number of nitrogens with one attached hydrogen (secondary N) is 1. The molecule has 0 bridgehead atoms. The van der Waals surface area contributed by atoms with E-state index in [2.05, 4.69) is 5.32 Å². The van der Waals surface area contributed by atoms with E-state index in [9.17, 15) is 26.3 Å². The van der Waals surface area contributed by atoms with Crippen LogP contribution >= 0.6 is 0 Å². The van der Waals surface area contributed by atoms with Crippen LogP contribution in [0, 0.1) is 11.8 Å². The van der Waals surface area contributed by atoms with E-state index in [-0.39, 0.29) is 13.0 Å². The lowest BCUT2D eigenvalue weighted by Crippen LogP contribution is -2.40. The molecule has 0 aromatic heterocycles. The van der Waals surface area contributed by atoms with Gasteiger partial charge in [-0.05, 0) is 25.3 Å². The van der Waals surface area contributed by atoms with Gasteiger partial charge in [-0.25, -0.2) is 0 Å². The Morgan fingerprint density at radius 2 is 1.53 bits per heavy atom. The third-order valence-corrected chi connectivity index (χ3v) is 3.06. The first kappa shape index (κ1) is 14.6. The third-order valence-electron chi connectivity index (χ3n) is 3.06. The van der Waals surface area contributed by atoms with Crippen LogP contribution in [0.2, 0.25) is 0 Å². The first-order valence-electron chi connectivity index (χ1n) is 5.54. The summed E-state index contributed by atoms with van der Waals surface area (Å²) in [5.74, 6) is -2.19. The van der Waals surface area contributed by atoms with Crippen LogP contribution in [0.3, 0.4) is 0 Å². The molecule has 0 saturated heterocycles. The van der Waals surface area contributed by atoms with Gasteiger partial charge >= 0.3 is 12.4 Å². The molecule has 2 atom stereocenters. The molecule has 0 amide bonds. The molecule has 7 heteroatoms. The van der Waals surface area contributed by atoms with E-state index in [1.165, 1.54) is 0 Å². The molecule has 17 heavy (non-hydrogen) atoms. The van der Waals surface area contributed by atoms with Gasteiger partial charge in [-0.3, -0.25) is 0 Å². The summed E-state index contributed by atoms with van der Waals surface area (Å²) in [7, 11) is 0. The number of hydrogen-bond acceptors (Lipinski definition) is 1. The molecule has 1 rings (SSSR count). The van der Waals surface area contributed by atoms with Gasteiger partial charge in [-0.1, -0.05) is 12.8 Å². The topological polar surface area (TPSA) is 12.0 Å². The second-order valence-electron chi connectivity index (χ2n) is 4.44. The normalized spacial score (nSPS) is 27.2. The fourth-order valence-electron chi connectivity index (χ4n) is 2.28. The van der Waals surface area contributed by atoms with Gasteiger partial charge in [0.1, 0.15) is 0 Å². The average molecular weight is 263 g/mol. The van der Waals surface area contributed by atoms with Gasteiger partial charge in [0, 0.05) is 0 Å². The second kappa shape index (κ2) is 5.46. The van der Waals surface area contributed by atoms with Crippen molar-refractivity contribution < 1.29 is 26.3 Å². The van der Waals surface area contributed by atoms with Crippen molar-refractivity contribution in [2.75, 3.05) is 13.1 Å². The van der Waals surface area contributed by atoms with Gasteiger partial charge in [0.15, 0.2) is 0 Å². The van der Waals surface area contributed by atoms with Crippen LogP contribution in [0.5, 0.6) is 0 Å². The average Bonchev–Trinajstić information content (AvgIpc) is 2.15. The van der Waals surface area contributed by atoms with Gasteiger partial charge in [0.25, 0.3) is 0 Å². The van der Waals surface area contributed by atoms with E-state index in [1.807, 2.05) is 0 Å². The van der Waals surface area contributed by atoms with Crippen LogP contribution in [0.1, 0.15) is 25.7 Å². The fraction of sp³-hybridized carbons (Fsp3) is 1.00. The molecule has 1 fully saturated rings. The Labute approximate surface area is 95.6 Å². The summed E-state index contributed by atoms with van der Waals surface area (Å²) >= 11 is 0. The lowest BCUT2D eigenvalue weighted by Gasteiger charge is -2.33. The first-order valence-corrected chi connectivity index (χ1v) is 5.54. The SMILES string of the molecule is FC(F)(F)CNCC1CCCCC1C(F)(F)F. The molecule has 0 radical (unpaired) electrons. The molecule has 1 saturated carbocycles. The Balaban J connectivity index is 2.44. The number of halogens is 6. The van der Waals surface area contributed by atoms with Crippen molar-refractivity contribution in [3.05, 3.63) is 0 Å². The van der Waals surface area contributed by atoms with Crippen LogP contribution in [-0.2, 0) is 0 Å². The van der Waals surface area contributed by atoms with Gasteiger partial charge < -0.3 is 5.32 Å². The smallest absolute Gasteiger partial charge is 0.308 e. The van der Waals surface area contributed by atoms with Crippen molar-refractivity contribution in [2.24, 2.45) is 11.8 Å². The van der Waals surface area contributed by atoms with Crippen molar-refractivity contribution in [2.45, 2.75) is 38.0 Å². The summed E-state index contributed by atoms with van der Waals surface area (Å²) in [5.41, 5.74) is 0. The van der Waals surface area contributed by atoms with Crippen LogP contribution in [0.15, 0.2) is 0 Å². The zero-order valence-electron chi connectivity index (χ0n) is 9.17. The second-order valence-corrected chi connectivity index (χ2v) is 4.44. The minimum atomic E-state index is -4.37. The predicted molar refractivity (Wildman–Crippen MR) is 50.4 cm³/mol. The molecule has 1 aliphatic carbocycles.